The third-order valence-corrected chi connectivity index (χ3v) is 4.66. The molecule has 2 aromatic carbocycles. The molecule has 2 rings (SSSR count). The standard InChI is InChI=1S/C24H32N2O4/c1-16-11-13-18(14-12-16)17(2)22(27)25-15-20(26-23(28)30-24(3,4)5)19-9-7-8-10-21(19)29-6/h7-14,17,20H,15H2,1-6H3,(H,25,27)(H,26,28). The van der Waals surface area contributed by atoms with Crippen molar-refractivity contribution in [2.75, 3.05) is 13.7 Å². The second kappa shape index (κ2) is 10.1. The van der Waals surface area contributed by atoms with Crippen LogP contribution < -0.4 is 15.4 Å². The summed E-state index contributed by atoms with van der Waals surface area (Å²) in [6, 6.07) is 14.8. The van der Waals surface area contributed by atoms with Crippen LogP contribution in [0.1, 0.15) is 56.3 Å². The lowest BCUT2D eigenvalue weighted by Crippen LogP contribution is -2.41. The molecule has 0 saturated heterocycles. The Balaban J connectivity index is 2.15. The maximum Gasteiger partial charge on any atom is 0.408 e. The number of carbonyl (C=O) groups excluding carboxylic acids is 2. The molecule has 0 aliphatic rings. The number of alkyl carbamates (subject to hydrolysis) is 1. The molecule has 30 heavy (non-hydrogen) atoms. The molecule has 0 aliphatic heterocycles. The van der Waals surface area contributed by atoms with Crippen LogP contribution in [0.5, 0.6) is 5.75 Å². The molecule has 2 unspecified atom stereocenters. The first-order valence-electron chi connectivity index (χ1n) is 10.1. The minimum atomic E-state index is -0.626. The van der Waals surface area contributed by atoms with Crippen molar-refractivity contribution in [1.29, 1.82) is 0 Å². The monoisotopic (exact) mass is 412 g/mol. The number of methoxy groups -OCH3 is 1. The molecule has 0 radical (unpaired) electrons. The van der Waals surface area contributed by atoms with Crippen molar-refractivity contribution in [1.82, 2.24) is 10.6 Å². The van der Waals surface area contributed by atoms with Crippen LogP contribution in [0.3, 0.4) is 0 Å². The average Bonchev–Trinajstić information content (AvgIpc) is 2.69. The van der Waals surface area contributed by atoms with Crippen LogP contribution in [0.15, 0.2) is 48.5 Å². The quantitative estimate of drug-likeness (QED) is 0.703. The molecule has 0 bridgehead atoms. The summed E-state index contributed by atoms with van der Waals surface area (Å²) >= 11 is 0. The zero-order chi connectivity index (χ0) is 22.3. The highest BCUT2D eigenvalue weighted by Gasteiger charge is 2.24. The Kier molecular flexibility index (Phi) is 7.86. The lowest BCUT2D eigenvalue weighted by Gasteiger charge is -2.25. The number of ether oxygens (including phenoxy) is 2. The number of benzene rings is 2. The summed E-state index contributed by atoms with van der Waals surface area (Å²) in [6.07, 6.45) is -0.556. The van der Waals surface area contributed by atoms with Gasteiger partial charge in [-0.1, -0.05) is 48.0 Å². The topological polar surface area (TPSA) is 76.7 Å². The highest BCUT2D eigenvalue weighted by molar-refractivity contribution is 5.83. The zero-order valence-corrected chi connectivity index (χ0v) is 18.6. The molecular formula is C24H32N2O4. The zero-order valence-electron chi connectivity index (χ0n) is 18.6. The Morgan fingerprint density at radius 1 is 1.03 bits per heavy atom. The number of amides is 2. The first-order chi connectivity index (χ1) is 14.1. The smallest absolute Gasteiger partial charge is 0.408 e. The largest absolute Gasteiger partial charge is 0.496 e. The van der Waals surface area contributed by atoms with Gasteiger partial charge in [-0.2, -0.15) is 0 Å². The van der Waals surface area contributed by atoms with Crippen molar-refractivity contribution in [3.63, 3.8) is 0 Å². The molecule has 0 spiro atoms. The van der Waals surface area contributed by atoms with Gasteiger partial charge in [0.1, 0.15) is 11.4 Å². The second-order valence-corrected chi connectivity index (χ2v) is 8.32. The molecule has 0 fully saturated rings. The summed E-state index contributed by atoms with van der Waals surface area (Å²) in [5.74, 6) is 0.189. The fourth-order valence-electron chi connectivity index (χ4n) is 3.01. The summed E-state index contributed by atoms with van der Waals surface area (Å²) < 4.78 is 10.8. The van der Waals surface area contributed by atoms with Crippen molar-refractivity contribution >= 4 is 12.0 Å². The molecule has 6 nitrogen and oxygen atoms in total. The van der Waals surface area contributed by atoms with Crippen LogP contribution in [0.25, 0.3) is 0 Å². The Morgan fingerprint density at radius 3 is 2.27 bits per heavy atom. The van der Waals surface area contributed by atoms with Gasteiger partial charge in [-0.3, -0.25) is 4.79 Å². The molecule has 0 heterocycles. The van der Waals surface area contributed by atoms with Crippen LogP contribution in [-0.4, -0.2) is 31.3 Å². The van der Waals surface area contributed by atoms with Crippen LogP contribution in [0.4, 0.5) is 4.79 Å². The Hall–Kier alpha value is -3.02. The molecule has 0 saturated carbocycles. The maximum absolute atomic E-state index is 12.7. The van der Waals surface area contributed by atoms with Crippen molar-refractivity contribution in [3.05, 3.63) is 65.2 Å². The summed E-state index contributed by atoms with van der Waals surface area (Å²) in [5, 5.41) is 5.80. The Bertz CT molecular complexity index is 856. The predicted octanol–water partition coefficient (Wildman–Crippen LogP) is 4.49. The minimum Gasteiger partial charge on any atom is -0.496 e. The van der Waals surface area contributed by atoms with Gasteiger partial charge in [0.2, 0.25) is 5.91 Å². The van der Waals surface area contributed by atoms with Gasteiger partial charge in [0.15, 0.2) is 0 Å². The third kappa shape index (κ3) is 6.79. The van der Waals surface area contributed by atoms with Crippen molar-refractivity contribution < 1.29 is 19.1 Å². The molecule has 162 valence electrons. The van der Waals surface area contributed by atoms with Crippen LogP contribution >= 0.6 is 0 Å². The van der Waals surface area contributed by atoms with Gasteiger partial charge in [0, 0.05) is 12.1 Å². The van der Waals surface area contributed by atoms with Crippen LogP contribution in [-0.2, 0) is 9.53 Å². The Labute approximate surface area is 179 Å². The van der Waals surface area contributed by atoms with Gasteiger partial charge in [-0.05, 0) is 46.2 Å². The van der Waals surface area contributed by atoms with E-state index in [0.717, 1.165) is 16.7 Å². The van der Waals surface area contributed by atoms with Crippen molar-refractivity contribution in [2.45, 2.75) is 52.2 Å². The number of nitrogens with one attached hydrogen (secondary N) is 2. The average molecular weight is 413 g/mol. The number of rotatable bonds is 7. The first kappa shape index (κ1) is 23.3. The lowest BCUT2D eigenvalue weighted by atomic mass is 9.99. The van der Waals surface area contributed by atoms with E-state index in [0.29, 0.717) is 5.75 Å². The Morgan fingerprint density at radius 2 is 1.67 bits per heavy atom. The maximum atomic E-state index is 12.7. The summed E-state index contributed by atoms with van der Waals surface area (Å²) in [6.45, 7) is 9.48. The molecule has 0 aliphatic carbocycles. The van der Waals surface area contributed by atoms with Crippen LogP contribution in [0, 0.1) is 6.92 Å². The fraction of sp³-hybridized carbons (Fsp3) is 0.417. The third-order valence-electron chi connectivity index (χ3n) is 4.66. The predicted molar refractivity (Wildman–Crippen MR) is 118 cm³/mol. The molecule has 2 N–H and O–H groups in total. The highest BCUT2D eigenvalue weighted by atomic mass is 16.6. The van der Waals surface area contributed by atoms with Gasteiger partial charge in [0.25, 0.3) is 0 Å². The van der Waals surface area contributed by atoms with Crippen molar-refractivity contribution in [3.8, 4) is 5.75 Å². The lowest BCUT2D eigenvalue weighted by molar-refractivity contribution is -0.122. The highest BCUT2D eigenvalue weighted by Crippen LogP contribution is 2.25. The number of para-hydroxylation sites is 1. The van der Waals surface area contributed by atoms with E-state index in [1.807, 2.05) is 62.4 Å². The van der Waals surface area contributed by atoms with E-state index in [1.54, 1.807) is 27.9 Å². The van der Waals surface area contributed by atoms with E-state index < -0.39 is 17.7 Å². The van der Waals surface area contributed by atoms with Gasteiger partial charge in [-0.25, -0.2) is 4.79 Å². The fourth-order valence-corrected chi connectivity index (χ4v) is 3.01. The second-order valence-electron chi connectivity index (χ2n) is 8.32. The first-order valence-corrected chi connectivity index (χ1v) is 10.1. The van der Waals surface area contributed by atoms with Gasteiger partial charge < -0.3 is 20.1 Å². The van der Waals surface area contributed by atoms with E-state index >= 15 is 0 Å². The van der Waals surface area contributed by atoms with E-state index in [2.05, 4.69) is 10.6 Å². The van der Waals surface area contributed by atoms with Gasteiger partial charge >= 0.3 is 6.09 Å². The SMILES string of the molecule is COc1ccccc1C(CNC(=O)C(C)c1ccc(C)cc1)NC(=O)OC(C)(C)C. The molecule has 6 heteroatoms. The van der Waals surface area contributed by atoms with E-state index in [-0.39, 0.29) is 18.4 Å². The molecule has 2 amide bonds. The number of hydrogen-bond donors (Lipinski definition) is 2. The van der Waals surface area contributed by atoms with Crippen LogP contribution in [0.2, 0.25) is 0 Å². The van der Waals surface area contributed by atoms with Gasteiger partial charge in [-0.15, -0.1) is 0 Å². The van der Waals surface area contributed by atoms with Gasteiger partial charge in [0.05, 0.1) is 19.1 Å². The van der Waals surface area contributed by atoms with E-state index in [1.165, 1.54) is 0 Å². The number of hydrogen-bond acceptors (Lipinski definition) is 4. The summed E-state index contributed by atoms with van der Waals surface area (Å²) in [5.41, 5.74) is 2.21. The summed E-state index contributed by atoms with van der Waals surface area (Å²) in [4.78, 5) is 25.1. The minimum absolute atomic E-state index is 0.121. The van der Waals surface area contributed by atoms with Crippen molar-refractivity contribution in [2.24, 2.45) is 0 Å². The molecule has 0 aromatic heterocycles. The molecule has 2 aromatic rings. The molecular weight excluding hydrogens is 380 g/mol. The number of aryl methyl sites for hydroxylation is 1. The van der Waals surface area contributed by atoms with E-state index in [4.69, 9.17) is 9.47 Å². The summed E-state index contributed by atoms with van der Waals surface area (Å²) in [7, 11) is 1.57. The normalized spacial score (nSPS) is 13.1. The van der Waals surface area contributed by atoms with E-state index in [9.17, 15) is 9.59 Å². The number of carbonyl (C=O) groups is 2. The molecule has 2 atom stereocenters.